The van der Waals surface area contributed by atoms with Gasteiger partial charge >= 0.3 is 0 Å². The molecular formula is C34H60N2O12. The highest BCUT2D eigenvalue weighted by molar-refractivity contribution is 5.05. The van der Waals surface area contributed by atoms with Gasteiger partial charge in [0.15, 0.2) is 23.1 Å². The third-order valence-electron chi connectivity index (χ3n) is 9.65. The summed E-state index contributed by atoms with van der Waals surface area (Å²) in [6.45, 7) is 21.5. The smallest absolute Gasteiger partial charge is 0.227 e. The quantitative estimate of drug-likeness (QED) is 0.217. The first-order chi connectivity index (χ1) is 22.6. The lowest BCUT2D eigenvalue weighted by atomic mass is 10.0. The van der Waals surface area contributed by atoms with Gasteiger partial charge in [0.25, 0.3) is 0 Å². The second-order valence-electron chi connectivity index (χ2n) is 15.5. The third kappa shape index (κ3) is 8.23. The van der Waals surface area contributed by atoms with E-state index in [1.807, 2.05) is 55.4 Å². The fraction of sp³-hybridized carbons (Fsp3) is 1.00. The van der Waals surface area contributed by atoms with E-state index in [1.54, 1.807) is 0 Å². The average molecular weight is 689 g/mol. The van der Waals surface area contributed by atoms with Crippen molar-refractivity contribution < 1.29 is 56.8 Å². The zero-order valence-corrected chi connectivity index (χ0v) is 30.3. The second-order valence-corrected chi connectivity index (χ2v) is 15.5. The van der Waals surface area contributed by atoms with Crippen molar-refractivity contribution in [2.75, 3.05) is 65.8 Å². The van der Waals surface area contributed by atoms with Crippen LogP contribution in [0.25, 0.3) is 0 Å². The highest BCUT2D eigenvalue weighted by Crippen LogP contribution is 2.48. The number of hydrogen-bond donors (Lipinski definition) is 2. The molecule has 0 unspecified atom stereocenters. The van der Waals surface area contributed by atoms with Crippen molar-refractivity contribution in [2.24, 2.45) is 0 Å². The molecule has 6 aliphatic rings. The van der Waals surface area contributed by atoms with Gasteiger partial charge in [-0.3, -0.25) is 0 Å². The molecular weight excluding hydrogens is 628 g/mol. The van der Waals surface area contributed by atoms with E-state index in [4.69, 9.17) is 56.8 Å². The molecule has 0 spiro atoms. The van der Waals surface area contributed by atoms with E-state index in [1.165, 1.54) is 0 Å². The lowest BCUT2D eigenvalue weighted by Gasteiger charge is -2.37. The van der Waals surface area contributed by atoms with Crippen LogP contribution in [0.4, 0.5) is 0 Å². The number of hydrogen-bond acceptors (Lipinski definition) is 14. The molecule has 0 amide bonds. The van der Waals surface area contributed by atoms with Gasteiger partial charge in [-0.05, 0) is 94.2 Å². The van der Waals surface area contributed by atoms with Crippen molar-refractivity contribution >= 4 is 0 Å². The third-order valence-corrected chi connectivity index (χ3v) is 9.65. The fourth-order valence-corrected chi connectivity index (χ4v) is 7.54. The number of rotatable bonds is 17. The second kappa shape index (κ2) is 14.5. The number of ether oxygens (including phenoxy) is 12. The Bertz CT molecular complexity index is 995. The van der Waals surface area contributed by atoms with Gasteiger partial charge in [-0.1, -0.05) is 0 Å². The number of unbranched alkanes of at least 4 members (excludes halogenated alkanes) is 2. The van der Waals surface area contributed by atoms with Crippen LogP contribution < -0.4 is 10.6 Å². The first-order valence-corrected chi connectivity index (χ1v) is 18.0. The summed E-state index contributed by atoms with van der Waals surface area (Å²) in [4.78, 5) is 0. The summed E-state index contributed by atoms with van der Waals surface area (Å²) in [5.74, 6) is -4.88. The largest absolute Gasteiger partial charge is 0.348 e. The minimum atomic E-state index is -1.05. The maximum absolute atomic E-state index is 6.46. The summed E-state index contributed by atoms with van der Waals surface area (Å²) >= 11 is 0. The van der Waals surface area contributed by atoms with Crippen LogP contribution in [-0.4, -0.2) is 137 Å². The van der Waals surface area contributed by atoms with E-state index in [9.17, 15) is 0 Å². The molecule has 0 bridgehead atoms. The topological polar surface area (TPSA) is 135 Å². The Kier molecular flexibility index (Phi) is 11.2. The van der Waals surface area contributed by atoms with Crippen LogP contribution in [0.5, 0.6) is 0 Å². The molecule has 6 heterocycles. The summed E-state index contributed by atoms with van der Waals surface area (Å²) in [5.41, 5.74) is 0. The molecule has 48 heavy (non-hydrogen) atoms. The van der Waals surface area contributed by atoms with Crippen molar-refractivity contribution in [3.63, 3.8) is 0 Å². The van der Waals surface area contributed by atoms with E-state index in [2.05, 4.69) is 10.6 Å². The molecule has 0 aliphatic carbocycles. The van der Waals surface area contributed by atoms with Gasteiger partial charge in [-0.2, -0.15) is 0 Å². The average Bonchev–Trinajstić information content (AvgIpc) is 3.82. The van der Waals surface area contributed by atoms with Gasteiger partial charge in [0, 0.05) is 13.1 Å². The van der Waals surface area contributed by atoms with Crippen LogP contribution >= 0.6 is 0 Å². The van der Waals surface area contributed by atoms with E-state index < -0.39 is 46.9 Å². The Morgan fingerprint density at radius 3 is 1.25 bits per heavy atom. The molecule has 0 aromatic rings. The van der Waals surface area contributed by atoms with Gasteiger partial charge in [0.2, 0.25) is 11.6 Å². The Balaban J connectivity index is 0.835. The zero-order chi connectivity index (χ0) is 34.3. The van der Waals surface area contributed by atoms with Crippen molar-refractivity contribution in [3.8, 4) is 0 Å². The summed E-state index contributed by atoms with van der Waals surface area (Å²) in [6, 6.07) is 0. The summed E-state index contributed by atoms with van der Waals surface area (Å²) in [7, 11) is 0. The molecule has 0 radical (unpaired) electrons. The predicted molar refractivity (Wildman–Crippen MR) is 171 cm³/mol. The molecule has 0 aromatic heterocycles. The van der Waals surface area contributed by atoms with Gasteiger partial charge in [-0.25, -0.2) is 0 Å². The molecule has 2 N–H and O–H groups in total. The zero-order valence-electron chi connectivity index (χ0n) is 30.3. The first kappa shape index (κ1) is 37.2. The van der Waals surface area contributed by atoms with E-state index in [0.717, 1.165) is 51.9 Å². The van der Waals surface area contributed by atoms with Crippen LogP contribution in [0.1, 0.15) is 81.1 Å². The van der Waals surface area contributed by atoms with Crippen molar-refractivity contribution in [3.05, 3.63) is 0 Å². The highest BCUT2D eigenvalue weighted by atomic mass is 16.8. The van der Waals surface area contributed by atoms with E-state index in [-0.39, 0.29) is 24.4 Å². The number of fused-ring (bicyclic) bond motifs is 2. The highest BCUT2D eigenvalue weighted by Gasteiger charge is 2.67. The fourth-order valence-electron chi connectivity index (χ4n) is 7.54. The van der Waals surface area contributed by atoms with Crippen molar-refractivity contribution in [1.29, 1.82) is 0 Å². The summed E-state index contributed by atoms with van der Waals surface area (Å²) < 4.78 is 74.1. The summed E-state index contributed by atoms with van der Waals surface area (Å²) in [5, 5.41) is 7.03. The molecule has 6 aliphatic heterocycles. The maximum Gasteiger partial charge on any atom is 0.227 e. The van der Waals surface area contributed by atoms with Crippen LogP contribution in [0, 0.1) is 0 Å². The normalized spacial score (nSPS) is 40.5. The molecule has 6 rings (SSSR count). The minimum Gasteiger partial charge on any atom is -0.348 e. The molecule has 0 saturated carbocycles. The molecule has 278 valence electrons. The minimum absolute atomic E-state index is 0.196. The van der Waals surface area contributed by atoms with Crippen LogP contribution in [0.15, 0.2) is 0 Å². The molecule has 14 nitrogen and oxygen atoms in total. The van der Waals surface area contributed by atoms with Gasteiger partial charge in [0.1, 0.15) is 36.6 Å². The van der Waals surface area contributed by atoms with Gasteiger partial charge in [0.05, 0.1) is 39.6 Å². The van der Waals surface area contributed by atoms with Crippen molar-refractivity contribution in [1.82, 2.24) is 10.6 Å². The van der Waals surface area contributed by atoms with E-state index >= 15 is 0 Å². The van der Waals surface area contributed by atoms with Crippen LogP contribution in [0.2, 0.25) is 0 Å². The standard InChI is InChI=1S/C34H60N2O12/c1-29(2)39-21-25(45-29)33(27-23(19-41-33)43-31(5,6)47-27)37-17-11-9-13-35-15-16-36-14-10-12-18-38-34(26-22-40-30(3,4)46-26)28-24(20-42-34)44-32(7,8)48-28/h23-28,35-36H,9-22H2,1-8H3/t23-,24-,25+,26+,27+,28+,33+,34+/m0/s1. The first-order valence-electron chi connectivity index (χ1n) is 18.0. The van der Waals surface area contributed by atoms with Crippen LogP contribution in [0.3, 0.4) is 0 Å². The Hall–Kier alpha value is -0.560. The SMILES string of the molecule is CC1(C)O[C@H]2CO[C@](OCCCCNCCNCCCCO[C@]3([C@H]4COC(C)(C)O4)OC[C@@H]4OC(C)(C)O[C@H]43)([C@H]3COC(C)(C)O3)[C@@H]2O1. The predicted octanol–water partition coefficient (Wildman–Crippen LogP) is 2.56. The Labute approximate surface area is 285 Å². The summed E-state index contributed by atoms with van der Waals surface area (Å²) in [6.07, 6.45) is 1.77. The van der Waals surface area contributed by atoms with Crippen LogP contribution in [-0.2, 0) is 56.8 Å². The molecule has 0 aromatic carbocycles. The number of nitrogens with one attached hydrogen (secondary N) is 2. The molecule has 8 atom stereocenters. The van der Waals surface area contributed by atoms with Gasteiger partial charge in [-0.15, -0.1) is 0 Å². The van der Waals surface area contributed by atoms with Gasteiger partial charge < -0.3 is 67.5 Å². The maximum atomic E-state index is 6.46. The molecule has 6 fully saturated rings. The van der Waals surface area contributed by atoms with Crippen molar-refractivity contribution in [2.45, 2.75) is 152 Å². The lowest BCUT2D eigenvalue weighted by molar-refractivity contribution is -0.320. The van der Waals surface area contributed by atoms with E-state index in [0.29, 0.717) is 39.6 Å². The molecule has 14 heteroatoms. The monoisotopic (exact) mass is 688 g/mol. The lowest BCUT2D eigenvalue weighted by Crippen LogP contribution is -2.56. The molecule has 6 saturated heterocycles. The Morgan fingerprint density at radius 2 is 0.875 bits per heavy atom. The Morgan fingerprint density at radius 1 is 0.458 bits per heavy atom.